The lowest BCUT2D eigenvalue weighted by atomic mass is 9.97. The molecule has 6 nitrogen and oxygen atoms in total. The Morgan fingerprint density at radius 3 is 2.48 bits per heavy atom. The maximum Gasteiger partial charge on any atom is 0.235 e. The summed E-state index contributed by atoms with van der Waals surface area (Å²) >= 11 is 0. The van der Waals surface area contributed by atoms with E-state index in [1.54, 1.807) is 19.2 Å². The van der Waals surface area contributed by atoms with E-state index in [-0.39, 0.29) is 24.8 Å². The normalized spacial score (nSPS) is 17.6. The first-order valence-corrected chi connectivity index (χ1v) is 9.85. The van der Waals surface area contributed by atoms with Crippen LogP contribution in [0.25, 0.3) is 0 Å². The van der Waals surface area contributed by atoms with Gasteiger partial charge in [0.1, 0.15) is 5.75 Å². The number of aliphatic hydroxyl groups excluding tert-OH is 1. The van der Waals surface area contributed by atoms with Crippen LogP contribution in [0.1, 0.15) is 30.4 Å². The maximum absolute atomic E-state index is 12.6. The van der Waals surface area contributed by atoms with Gasteiger partial charge in [0.2, 0.25) is 11.8 Å². The predicted molar refractivity (Wildman–Crippen MR) is 108 cm³/mol. The van der Waals surface area contributed by atoms with Crippen molar-refractivity contribution in [3.8, 4) is 5.75 Å². The number of benzene rings is 2. The summed E-state index contributed by atoms with van der Waals surface area (Å²) in [6, 6.07) is 17.1. The zero-order valence-corrected chi connectivity index (χ0v) is 16.6. The van der Waals surface area contributed by atoms with Crippen LogP contribution in [0, 0.1) is 5.92 Å². The molecule has 2 aromatic carbocycles. The first-order valence-electron chi connectivity index (χ1n) is 9.85. The summed E-state index contributed by atoms with van der Waals surface area (Å²) in [6.45, 7) is 1.23. The molecular weight excluding hydrogens is 370 g/mol. The Bertz CT molecular complexity index is 806. The van der Waals surface area contributed by atoms with E-state index in [0.29, 0.717) is 26.1 Å². The third-order valence-corrected chi connectivity index (χ3v) is 5.14. The van der Waals surface area contributed by atoms with E-state index in [9.17, 15) is 14.7 Å². The Hall–Kier alpha value is -2.70. The molecule has 0 saturated carbocycles. The molecule has 0 spiro atoms. The molecule has 29 heavy (non-hydrogen) atoms. The van der Waals surface area contributed by atoms with Gasteiger partial charge in [0.05, 0.1) is 32.3 Å². The number of methoxy groups -OCH3 is 1. The van der Waals surface area contributed by atoms with E-state index in [1.165, 1.54) is 4.90 Å². The van der Waals surface area contributed by atoms with Crippen molar-refractivity contribution in [2.75, 3.05) is 13.7 Å². The van der Waals surface area contributed by atoms with Crippen LogP contribution in [0.2, 0.25) is 0 Å². The zero-order valence-electron chi connectivity index (χ0n) is 16.6. The fraction of sp³-hybridized carbons (Fsp3) is 0.391. The van der Waals surface area contributed by atoms with Crippen molar-refractivity contribution < 1.29 is 24.2 Å². The standard InChI is InChI=1S/C23H27NO5/c1-28-19-11-9-17(10-12-19)15-24-22(26)14-20(23(24)27)21(25)8-5-13-29-16-18-6-3-2-4-7-18/h2-4,6-7,9-12,20-21,25H,5,8,13-16H2,1H3/t20-,21-/m0/s1. The highest BCUT2D eigenvalue weighted by Crippen LogP contribution is 2.27. The molecule has 1 N–H and O–H groups in total. The molecule has 154 valence electrons. The Balaban J connectivity index is 1.44. The van der Waals surface area contributed by atoms with Gasteiger partial charge in [-0.2, -0.15) is 0 Å². The molecule has 2 aromatic rings. The van der Waals surface area contributed by atoms with Gasteiger partial charge < -0.3 is 14.6 Å². The van der Waals surface area contributed by atoms with Crippen molar-refractivity contribution in [1.82, 2.24) is 4.90 Å². The van der Waals surface area contributed by atoms with Gasteiger partial charge >= 0.3 is 0 Å². The van der Waals surface area contributed by atoms with Gasteiger partial charge in [-0.3, -0.25) is 14.5 Å². The van der Waals surface area contributed by atoms with Crippen molar-refractivity contribution in [2.45, 2.75) is 38.5 Å². The molecule has 2 atom stereocenters. The summed E-state index contributed by atoms with van der Waals surface area (Å²) in [5, 5.41) is 10.4. The molecule has 1 aliphatic rings. The van der Waals surface area contributed by atoms with Crippen LogP contribution in [0.15, 0.2) is 54.6 Å². The topological polar surface area (TPSA) is 76.1 Å². The van der Waals surface area contributed by atoms with Crippen molar-refractivity contribution in [3.63, 3.8) is 0 Å². The second-order valence-corrected chi connectivity index (χ2v) is 7.22. The molecule has 3 rings (SSSR count). The van der Waals surface area contributed by atoms with Crippen molar-refractivity contribution in [3.05, 3.63) is 65.7 Å². The van der Waals surface area contributed by atoms with E-state index in [0.717, 1.165) is 16.9 Å². The lowest BCUT2D eigenvalue weighted by Gasteiger charge is -2.18. The number of nitrogens with zero attached hydrogens (tertiary/aromatic N) is 1. The Kier molecular flexibility index (Phi) is 7.38. The van der Waals surface area contributed by atoms with E-state index >= 15 is 0 Å². The van der Waals surface area contributed by atoms with Crippen LogP contribution in [0.5, 0.6) is 5.75 Å². The van der Waals surface area contributed by atoms with Crippen LogP contribution >= 0.6 is 0 Å². The van der Waals surface area contributed by atoms with Gasteiger partial charge in [0, 0.05) is 13.0 Å². The molecule has 1 fully saturated rings. The van der Waals surface area contributed by atoms with E-state index in [2.05, 4.69) is 0 Å². The molecule has 1 aliphatic heterocycles. The number of ether oxygens (including phenoxy) is 2. The molecule has 0 aromatic heterocycles. The number of hydrogen-bond acceptors (Lipinski definition) is 5. The number of carbonyl (C=O) groups is 2. The molecule has 2 amide bonds. The van der Waals surface area contributed by atoms with Crippen molar-refractivity contribution >= 4 is 11.8 Å². The average molecular weight is 397 g/mol. The molecular formula is C23H27NO5. The van der Waals surface area contributed by atoms with Gasteiger partial charge in [0.25, 0.3) is 0 Å². The minimum Gasteiger partial charge on any atom is -0.497 e. The number of imide groups is 1. The largest absolute Gasteiger partial charge is 0.497 e. The molecule has 0 aliphatic carbocycles. The van der Waals surface area contributed by atoms with Crippen LogP contribution < -0.4 is 4.74 Å². The van der Waals surface area contributed by atoms with Gasteiger partial charge in [-0.1, -0.05) is 42.5 Å². The van der Waals surface area contributed by atoms with Crippen LogP contribution in [0.3, 0.4) is 0 Å². The van der Waals surface area contributed by atoms with E-state index in [1.807, 2.05) is 42.5 Å². The minimum atomic E-state index is -0.840. The number of rotatable bonds is 10. The number of likely N-dealkylation sites (tertiary alicyclic amines) is 1. The number of carbonyl (C=O) groups excluding carboxylic acids is 2. The molecule has 1 heterocycles. The predicted octanol–water partition coefficient (Wildman–Crippen LogP) is 2.93. The quantitative estimate of drug-likeness (QED) is 0.493. The summed E-state index contributed by atoms with van der Waals surface area (Å²) in [6.07, 6.45) is 0.271. The highest BCUT2D eigenvalue weighted by molar-refractivity contribution is 6.03. The van der Waals surface area contributed by atoms with Crippen molar-refractivity contribution in [1.29, 1.82) is 0 Å². The maximum atomic E-state index is 12.6. The second-order valence-electron chi connectivity index (χ2n) is 7.22. The summed E-state index contributed by atoms with van der Waals surface area (Å²) in [4.78, 5) is 26.2. The number of hydrogen-bond donors (Lipinski definition) is 1. The summed E-state index contributed by atoms with van der Waals surface area (Å²) in [7, 11) is 1.58. The first-order chi connectivity index (χ1) is 14.1. The van der Waals surface area contributed by atoms with E-state index in [4.69, 9.17) is 9.47 Å². The molecule has 0 bridgehead atoms. The summed E-state index contributed by atoms with van der Waals surface area (Å²) in [5.74, 6) is -0.496. The third kappa shape index (κ3) is 5.65. The monoisotopic (exact) mass is 397 g/mol. The zero-order chi connectivity index (χ0) is 20.6. The Labute approximate surface area is 171 Å². The minimum absolute atomic E-state index is 0.0566. The third-order valence-electron chi connectivity index (χ3n) is 5.14. The van der Waals surface area contributed by atoms with Gasteiger partial charge in [-0.25, -0.2) is 0 Å². The van der Waals surface area contributed by atoms with Crippen LogP contribution in [-0.2, 0) is 27.5 Å². The molecule has 0 unspecified atom stereocenters. The molecule has 6 heteroatoms. The van der Waals surface area contributed by atoms with Crippen LogP contribution in [-0.4, -0.2) is 41.6 Å². The molecule has 1 saturated heterocycles. The average Bonchev–Trinajstić information content (AvgIpc) is 3.03. The number of amides is 2. The van der Waals surface area contributed by atoms with Crippen molar-refractivity contribution in [2.24, 2.45) is 5.92 Å². The Morgan fingerprint density at radius 2 is 1.79 bits per heavy atom. The van der Waals surface area contributed by atoms with Crippen LogP contribution in [0.4, 0.5) is 0 Å². The summed E-state index contributed by atoms with van der Waals surface area (Å²) in [5.41, 5.74) is 1.94. The summed E-state index contributed by atoms with van der Waals surface area (Å²) < 4.78 is 10.7. The Morgan fingerprint density at radius 1 is 1.07 bits per heavy atom. The second kappa shape index (κ2) is 10.2. The number of aliphatic hydroxyl groups is 1. The lowest BCUT2D eigenvalue weighted by molar-refractivity contribution is -0.141. The van der Waals surface area contributed by atoms with E-state index < -0.39 is 12.0 Å². The van der Waals surface area contributed by atoms with Gasteiger partial charge in [-0.05, 0) is 36.1 Å². The van der Waals surface area contributed by atoms with Gasteiger partial charge in [0.15, 0.2) is 0 Å². The first kappa shape index (κ1) is 21.0. The lowest BCUT2D eigenvalue weighted by Crippen LogP contribution is -2.33. The van der Waals surface area contributed by atoms with Gasteiger partial charge in [-0.15, -0.1) is 0 Å². The molecule has 0 radical (unpaired) electrons. The fourth-order valence-corrected chi connectivity index (χ4v) is 3.45. The fourth-order valence-electron chi connectivity index (χ4n) is 3.45. The highest BCUT2D eigenvalue weighted by Gasteiger charge is 2.42. The highest BCUT2D eigenvalue weighted by atomic mass is 16.5. The SMILES string of the molecule is COc1ccc(CN2C(=O)C[C@@H]([C@@H](O)CCCOCc3ccccc3)C2=O)cc1. The smallest absolute Gasteiger partial charge is 0.235 e.